The Kier molecular flexibility index (Phi) is 20.1. The zero-order valence-corrected chi connectivity index (χ0v) is 7.48. The van der Waals surface area contributed by atoms with E-state index in [1.165, 1.54) is 6.42 Å². The van der Waals surface area contributed by atoms with Gasteiger partial charge in [0.25, 0.3) is 0 Å². The van der Waals surface area contributed by atoms with E-state index in [-0.39, 0.29) is 0 Å². The first kappa shape index (κ1) is 12.6. The summed E-state index contributed by atoms with van der Waals surface area (Å²) in [7, 11) is 1.96. The van der Waals surface area contributed by atoms with Crippen LogP contribution in [-0.4, -0.2) is 25.3 Å². The predicted octanol–water partition coefficient (Wildman–Crippen LogP) is 1.39. The molecule has 0 heterocycles. The van der Waals surface area contributed by atoms with Crippen LogP contribution in [0.1, 0.15) is 33.1 Å². The van der Waals surface area contributed by atoms with Gasteiger partial charge in [-0.1, -0.05) is 20.3 Å². The topological polar surface area (TPSA) is 32.3 Å². The number of hydrogen-bond acceptors (Lipinski definition) is 2. The molecular weight excluding hydrogens is 126 g/mol. The van der Waals surface area contributed by atoms with Crippen LogP contribution in [0.4, 0.5) is 0 Å². The first-order valence-electron chi connectivity index (χ1n) is 4.08. The summed E-state index contributed by atoms with van der Waals surface area (Å²) in [6.45, 7) is 5.68. The molecule has 0 aromatic carbocycles. The van der Waals surface area contributed by atoms with Crippen LogP contribution in [0.25, 0.3) is 0 Å². The predicted molar refractivity (Wildman–Crippen MR) is 46.2 cm³/mol. The molecule has 0 aromatic rings. The van der Waals surface area contributed by atoms with E-state index in [4.69, 9.17) is 5.11 Å². The second kappa shape index (κ2) is 16.0. The van der Waals surface area contributed by atoms with Crippen LogP contribution in [-0.2, 0) is 0 Å². The lowest BCUT2D eigenvalue weighted by molar-refractivity contribution is 0.287. The molecule has 10 heavy (non-hydrogen) atoms. The molecule has 2 nitrogen and oxygen atoms in total. The molecule has 0 aliphatic heterocycles. The van der Waals surface area contributed by atoms with Crippen molar-refractivity contribution in [3.63, 3.8) is 0 Å². The molecule has 0 saturated heterocycles. The summed E-state index contributed by atoms with van der Waals surface area (Å²) in [5, 5.41) is 11.1. The number of nitrogens with one attached hydrogen (secondary N) is 1. The van der Waals surface area contributed by atoms with Gasteiger partial charge in [-0.25, -0.2) is 0 Å². The van der Waals surface area contributed by atoms with Crippen molar-refractivity contribution in [1.29, 1.82) is 0 Å². The van der Waals surface area contributed by atoms with Gasteiger partial charge in [0.05, 0.1) is 0 Å². The van der Waals surface area contributed by atoms with Crippen LogP contribution in [0.2, 0.25) is 0 Å². The second-order valence-electron chi connectivity index (χ2n) is 2.18. The molecule has 0 atom stereocenters. The molecule has 2 N–H and O–H groups in total. The smallest absolute Gasteiger partial charge is 0.0430 e. The van der Waals surface area contributed by atoms with Crippen LogP contribution in [0, 0.1) is 0 Å². The molecule has 0 radical (unpaired) electrons. The van der Waals surface area contributed by atoms with Gasteiger partial charge >= 0.3 is 0 Å². The van der Waals surface area contributed by atoms with Gasteiger partial charge in [0.2, 0.25) is 0 Å². The van der Waals surface area contributed by atoms with Crippen molar-refractivity contribution in [2.45, 2.75) is 33.1 Å². The Balaban J connectivity index is 0. The van der Waals surface area contributed by atoms with Gasteiger partial charge in [-0.15, -0.1) is 0 Å². The molecule has 0 saturated carbocycles. The Morgan fingerprint density at radius 3 is 1.80 bits per heavy atom. The minimum atomic E-state index is 0.344. The van der Waals surface area contributed by atoms with E-state index in [1.54, 1.807) is 0 Å². The monoisotopic (exact) mass is 147 g/mol. The maximum absolute atomic E-state index is 8.07. The van der Waals surface area contributed by atoms with E-state index < -0.39 is 0 Å². The van der Waals surface area contributed by atoms with Crippen LogP contribution in [0.15, 0.2) is 0 Å². The third-order valence-corrected chi connectivity index (χ3v) is 1.01. The number of unbranched alkanes of at least 4 members (excludes halogenated alkanes) is 1. The van der Waals surface area contributed by atoms with Gasteiger partial charge in [0, 0.05) is 6.61 Å². The van der Waals surface area contributed by atoms with Crippen LogP contribution in [0.3, 0.4) is 0 Å². The summed E-state index contributed by atoms with van der Waals surface area (Å²) in [6, 6.07) is 0. The molecule has 0 rings (SSSR count). The standard InChI is InChI=1S/C4H11N.C4H10O/c1-3-4-5-2;1-2-3-4-5/h5H,3-4H2,1-2H3;5H,2-4H2,1H3. The molecule has 0 unspecified atom stereocenters. The molecule has 0 aromatic heterocycles. The first-order chi connectivity index (χ1) is 4.83. The summed E-state index contributed by atoms with van der Waals surface area (Å²) in [5.74, 6) is 0. The molecular formula is C8H21NO. The molecule has 64 valence electrons. The van der Waals surface area contributed by atoms with E-state index in [2.05, 4.69) is 19.2 Å². The average Bonchev–Trinajstić information content (AvgIpc) is 1.93. The Morgan fingerprint density at radius 1 is 1.20 bits per heavy atom. The highest BCUT2D eigenvalue weighted by Gasteiger charge is 1.69. The number of aliphatic hydroxyl groups is 1. The lowest BCUT2D eigenvalue weighted by Gasteiger charge is -1.84. The molecule has 0 spiro atoms. The van der Waals surface area contributed by atoms with Crippen molar-refractivity contribution in [2.75, 3.05) is 20.2 Å². The summed E-state index contributed by atoms with van der Waals surface area (Å²) >= 11 is 0. The summed E-state index contributed by atoms with van der Waals surface area (Å²) in [5.41, 5.74) is 0. The lowest BCUT2D eigenvalue weighted by Crippen LogP contribution is -2.04. The van der Waals surface area contributed by atoms with Crippen LogP contribution < -0.4 is 5.32 Å². The van der Waals surface area contributed by atoms with Crippen molar-refractivity contribution in [2.24, 2.45) is 0 Å². The molecule has 0 aliphatic carbocycles. The van der Waals surface area contributed by atoms with Gasteiger partial charge in [-0.05, 0) is 26.4 Å². The van der Waals surface area contributed by atoms with Gasteiger partial charge in [0.15, 0.2) is 0 Å². The molecule has 0 fully saturated rings. The Morgan fingerprint density at radius 2 is 1.80 bits per heavy atom. The van der Waals surface area contributed by atoms with Gasteiger partial charge in [0.1, 0.15) is 0 Å². The molecule has 2 heteroatoms. The SMILES string of the molecule is CCCCO.CCCNC. The highest BCUT2D eigenvalue weighted by molar-refractivity contribution is 4.28. The summed E-state index contributed by atoms with van der Waals surface area (Å²) in [4.78, 5) is 0. The molecule has 0 amide bonds. The zero-order valence-electron chi connectivity index (χ0n) is 7.48. The third-order valence-electron chi connectivity index (χ3n) is 1.01. The minimum absolute atomic E-state index is 0.344. The van der Waals surface area contributed by atoms with E-state index in [9.17, 15) is 0 Å². The van der Waals surface area contributed by atoms with Gasteiger partial charge in [-0.2, -0.15) is 0 Å². The second-order valence-corrected chi connectivity index (χ2v) is 2.18. The van der Waals surface area contributed by atoms with E-state index in [0.717, 1.165) is 19.4 Å². The highest BCUT2D eigenvalue weighted by atomic mass is 16.2. The summed E-state index contributed by atoms with van der Waals surface area (Å²) in [6.07, 6.45) is 3.27. The van der Waals surface area contributed by atoms with Crippen molar-refractivity contribution in [3.05, 3.63) is 0 Å². The fourth-order valence-electron chi connectivity index (χ4n) is 0.408. The lowest BCUT2D eigenvalue weighted by atomic mass is 10.4. The van der Waals surface area contributed by atoms with Crippen LogP contribution >= 0.6 is 0 Å². The highest BCUT2D eigenvalue weighted by Crippen LogP contribution is 1.78. The van der Waals surface area contributed by atoms with E-state index in [0.29, 0.717) is 6.61 Å². The quantitative estimate of drug-likeness (QED) is 0.630. The summed E-state index contributed by atoms with van der Waals surface area (Å²) < 4.78 is 0. The normalized spacial score (nSPS) is 8.40. The minimum Gasteiger partial charge on any atom is -0.396 e. The van der Waals surface area contributed by atoms with E-state index >= 15 is 0 Å². The maximum atomic E-state index is 8.07. The third kappa shape index (κ3) is 24.7. The van der Waals surface area contributed by atoms with Gasteiger partial charge < -0.3 is 10.4 Å². The fourth-order valence-corrected chi connectivity index (χ4v) is 0.408. The van der Waals surface area contributed by atoms with Crippen LogP contribution in [0.5, 0.6) is 0 Å². The van der Waals surface area contributed by atoms with Crippen molar-refractivity contribution in [3.8, 4) is 0 Å². The first-order valence-corrected chi connectivity index (χ1v) is 4.08. The maximum Gasteiger partial charge on any atom is 0.0430 e. The molecule has 0 bridgehead atoms. The van der Waals surface area contributed by atoms with Crippen molar-refractivity contribution >= 4 is 0 Å². The Bertz CT molecular complexity index is 30.2. The van der Waals surface area contributed by atoms with E-state index in [1.807, 2.05) is 7.05 Å². The zero-order chi connectivity index (χ0) is 8.24. The Hall–Kier alpha value is -0.0800. The molecule has 0 aliphatic rings. The Labute approximate surface area is 64.6 Å². The number of aliphatic hydroxyl groups excluding tert-OH is 1. The number of rotatable bonds is 4. The average molecular weight is 147 g/mol. The van der Waals surface area contributed by atoms with Crippen molar-refractivity contribution < 1.29 is 5.11 Å². The fraction of sp³-hybridized carbons (Fsp3) is 1.00. The largest absolute Gasteiger partial charge is 0.396 e. The van der Waals surface area contributed by atoms with Crippen molar-refractivity contribution in [1.82, 2.24) is 5.32 Å². The number of hydrogen-bond donors (Lipinski definition) is 2. The van der Waals surface area contributed by atoms with Gasteiger partial charge in [-0.3, -0.25) is 0 Å².